The first kappa shape index (κ1) is 10.6. The molecule has 1 atom stereocenters. The van der Waals surface area contributed by atoms with E-state index in [1.54, 1.807) is 6.08 Å². The largest absolute Gasteiger partial charge is 0.458 e. The zero-order chi connectivity index (χ0) is 9.40. The van der Waals surface area contributed by atoms with Crippen molar-refractivity contribution >= 4 is 12.3 Å². The van der Waals surface area contributed by atoms with E-state index in [0.29, 0.717) is 12.7 Å². The molecule has 0 N–H and O–H groups in total. The monoisotopic (exact) mass is 168 g/mol. The van der Waals surface area contributed by atoms with Gasteiger partial charge in [0.1, 0.15) is 12.4 Å². The van der Waals surface area contributed by atoms with Crippen molar-refractivity contribution in [1.29, 1.82) is 0 Å². The molecule has 0 fully saturated rings. The van der Waals surface area contributed by atoms with Crippen LogP contribution in [0.5, 0.6) is 0 Å². The molecule has 66 valence electrons. The molecule has 3 heteroatoms. The maximum absolute atomic E-state index is 10.7. The molecule has 0 aromatic rings. The van der Waals surface area contributed by atoms with Gasteiger partial charge in [-0.05, 0) is 0 Å². The van der Waals surface area contributed by atoms with E-state index in [-0.39, 0.29) is 6.42 Å². The van der Waals surface area contributed by atoms with Gasteiger partial charge < -0.3 is 9.53 Å². The van der Waals surface area contributed by atoms with Crippen molar-refractivity contribution in [2.75, 3.05) is 0 Å². The van der Waals surface area contributed by atoms with Crippen molar-refractivity contribution in [3.05, 3.63) is 25.3 Å². The minimum Gasteiger partial charge on any atom is -0.458 e. The van der Waals surface area contributed by atoms with Gasteiger partial charge in [-0.1, -0.05) is 12.7 Å². The Hall–Kier alpha value is -1.38. The number of carbonyl (C=O) groups excluding carboxylic acids is 2. The number of rotatable bonds is 6. The maximum atomic E-state index is 10.7. The van der Waals surface area contributed by atoms with Gasteiger partial charge in [-0.25, -0.2) is 4.79 Å². The van der Waals surface area contributed by atoms with Crippen LogP contribution in [0.15, 0.2) is 25.3 Å². The van der Waals surface area contributed by atoms with E-state index in [9.17, 15) is 9.59 Å². The van der Waals surface area contributed by atoms with E-state index >= 15 is 0 Å². The van der Waals surface area contributed by atoms with E-state index in [1.807, 2.05) is 0 Å². The molecule has 12 heavy (non-hydrogen) atoms. The van der Waals surface area contributed by atoms with Crippen LogP contribution in [0.3, 0.4) is 0 Å². The van der Waals surface area contributed by atoms with Gasteiger partial charge in [0, 0.05) is 18.9 Å². The highest BCUT2D eigenvalue weighted by molar-refractivity contribution is 5.81. The normalized spacial score (nSPS) is 11.3. The lowest BCUT2D eigenvalue weighted by atomic mass is 10.2. The molecule has 0 heterocycles. The Morgan fingerprint density at radius 2 is 2.08 bits per heavy atom. The number of hydrogen-bond acceptors (Lipinski definition) is 3. The third-order valence-electron chi connectivity index (χ3n) is 1.24. The molecule has 0 aliphatic carbocycles. The number of ether oxygens (including phenoxy) is 1. The second-order valence-electron chi connectivity index (χ2n) is 2.19. The first-order chi connectivity index (χ1) is 5.74. The molecule has 0 aromatic carbocycles. The van der Waals surface area contributed by atoms with Gasteiger partial charge in [-0.15, -0.1) is 6.58 Å². The van der Waals surface area contributed by atoms with Gasteiger partial charge >= 0.3 is 5.97 Å². The number of aldehydes is 1. The number of esters is 1. The van der Waals surface area contributed by atoms with Crippen LogP contribution < -0.4 is 0 Å². The molecule has 0 aliphatic rings. The third kappa shape index (κ3) is 4.44. The summed E-state index contributed by atoms with van der Waals surface area (Å²) in [7, 11) is 0. The first-order valence-corrected chi connectivity index (χ1v) is 3.62. The van der Waals surface area contributed by atoms with Crippen LogP contribution in [-0.2, 0) is 14.3 Å². The number of carbonyl (C=O) groups is 2. The fourth-order valence-electron chi connectivity index (χ4n) is 0.698. The Kier molecular flexibility index (Phi) is 5.61. The Balaban J connectivity index is 3.91. The Bertz CT molecular complexity index is 174. The quantitative estimate of drug-likeness (QED) is 0.259. The van der Waals surface area contributed by atoms with Crippen molar-refractivity contribution in [1.82, 2.24) is 0 Å². The van der Waals surface area contributed by atoms with Crippen LogP contribution in [0.2, 0.25) is 0 Å². The fraction of sp³-hybridized carbons (Fsp3) is 0.333. The summed E-state index contributed by atoms with van der Waals surface area (Å²) in [6.45, 7) is 6.73. The predicted octanol–water partition coefficient (Wildman–Crippen LogP) is 1.25. The summed E-state index contributed by atoms with van der Waals surface area (Å²) in [6, 6.07) is 0. The lowest BCUT2D eigenvalue weighted by Gasteiger charge is -2.11. The summed E-state index contributed by atoms with van der Waals surface area (Å²) in [5.74, 6) is -0.510. The standard InChI is InChI=1S/C9H12O3/c1-3-5-8(6-7-10)12-9(11)4-2/h3-4,7-8H,1-2,5-6H2. The van der Waals surface area contributed by atoms with Crippen molar-refractivity contribution in [2.24, 2.45) is 0 Å². The Morgan fingerprint density at radius 3 is 2.50 bits per heavy atom. The zero-order valence-corrected chi connectivity index (χ0v) is 6.86. The Morgan fingerprint density at radius 1 is 1.42 bits per heavy atom. The predicted molar refractivity (Wildman–Crippen MR) is 45.6 cm³/mol. The summed E-state index contributed by atoms with van der Waals surface area (Å²) < 4.78 is 4.82. The van der Waals surface area contributed by atoms with E-state index in [2.05, 4.69) is 13.2 Å². The molecule has 0 aliphatic heterocycles. The lowest BCUT2D eigenvalue weighted by Crippen LogP contribution is -2.16. The van der Waals surface area contributed by atoms with E-state index in [0.717, 1.165) is 6.08 Å². The van der Waals surface area contributed by atoms with Gasteiger partial charge in [0.25, 0.3) is 0 Å². The topological polar surface area (TPSA) is 43.4 Å². The zero-order valence-electron chi connectivity index (χ0n) is 6.86. The molecule has 0 bridgehead atoms. The average molecular weight is 168 g/mol. The second-order valence-corrected chi connectivity index (χ2v) is 2.19. The molecule has 0 spiro atoms. The molecule has 0 amide bonds. The highest BCUT2D eigenvalue weighted by Gasteiger charge is 2.09. The van der Waals surface area contributed by atoms with Crippen molar-refractivity contribution in [3.8, 4) is 0 Å². The molecular formula is C9H12O3. The van der Waals surface area contributed by atoms with Crippen LogP contribution >= 0.6 is 0 Å². The summed E-state index contributed by atoms with van der Waals surface area (Å²) in [5, 5.41) is 0. The summed E-state index contributed by atoms with van der Waals surface area (Å²) in [4.78, 5) is 20.8. The average Bonchev–Trinajstić information content (AvgIpc) is 2.05. The molecule has 0 rings (SSSR count). The lowest BCUT2D eigenvalue weighted by molar-refractivity contribution is -0.143. The minimum atomic E-state index is -0.510. The smallest absolute Gasteiger partial charge is 0.330 e. The maximum Gasteiger partial charge on any atom is 0.330 e. The second kappa shape index (κ2) is 6.34. The van der Waals surface area contributed by atoms with Gasteiger partial charge in [0.2, 0.25) is 0 Å². The van der Waals surface area contributed by atoms with Crippen LogP contribution in [0.4, 0.5) is 0 Å². The van der Waals surface area contributed by atoms with E-state index < -0.39 is 12.1 Å². The molecule has 1 unspecified atom stereocenters. The summed E-state index contributed by atoms with van der Waals surface area (Å²) in [6.07, 6.45) is 3.67. The molecule has 0 aromatic heterocycles. The molecular weight excluding hydrogens is 156 g/mol. The van der Waals surface area contributed by atoms with Crippen molar-refractivity contribution in [3.63, 3.8) is 0 Å². The SMILES string of the molecule is C=CCC(CC=O)OC(=O)C=C. The van der Waals surface area contributed by atoms with Crippen molar-refractivity contribution in [2.45, 2.75) is 18.9 Å². The molecule has 0 radical (unpaired) electrons. The van der Waals surface area contributed by atoms with Gasteiger partial charge in [-0.3, -0.25) is 0 Å². The molecule has 3 nitrogen and oxygen atoms in total. The highest BCUT2D eigenvalue weighted by Crippen LogP contribution is 2.03. The van der Waals surface area contributed by atoms with Crippen molar-refractivity contribution < 1.29 is 14.3 Å². The third-order valence-corrected chi connectivity index (χ3v) is 1.24. The minimum absolute atomic E-state index is 0.200. The van der Waals surface area contributed by atoms with Crippen LogP contribution in [-0.4, -0.2) is 18.4 Å². The van der Waals surface area contributed by atoms with E-state index in [4.69, 9.17) is 4.74 Å². The van der Waals surface area contributed by atoms with Crippen LogP contribution in [0.1, 0.15) is 12.8 Å². The van der Waals surface area contributed by atoms with Gasteiger partial charge in [0.15, 0.2) is 0 Å². The molecule has 0 saturated heterocycles. The van der Waals surface area contributed by atoms with Crippen LogP contribution in [0.25, 0.3) is 0 Å². The molecule has 0 saturated carbocycles. The fourth-order valence-corrected chi connectivity index (χ4v) is 0.698. The Labute approximate surface area is 71.7 Å². The van der Waals surface area contributed by atoms with Gasteiger partial charge in [0.05, 0.1) is 0 Å². The summed E-state index contributed by atoms with van der Waals surface area (Å²) in [5.41, 5.74) is 0. The summed E-state index contributed by atoms with van der Waals surface area (Å²) >= 11 is 0. The first-order valence-electron chi connectivity index (χ1n) is 3.62. The van der Waals surface area contributed by atoms with Gasteiger partial charge in [-0.2, -0.15) is 0 Å². The van der Waals surface area contributed by atoms with E-state index in [1.165, 1.54) is 0 Å². The number of hydrogen-bond donors (Lipinski definition) is 0. The highest BCUT2D eigenvalue weighted by atomic mass is 16.5. The van der Waals surface area contributed by atoms with Crippen LogP contribution in [0, 0.1) is 0 Å².